The minimum atomic E-state index is -0.761. The molecule has 0 bridgehead atoms. The fraction of sp³-hybridized carbons (Fsp3) is 0.438. The summed E-state index contributed by atoms with van der Waals surface area (Å²) in [6.45, 7) is 1.87. The molecule has 2 aromatic rings. The minimum absolute atomic E-state index is 0.376. The fourth-order valence-electron chi connectivity index (χ4n) is 2.48. The van der Waals surface area contributed by atoms with Gasteiger partial charge in [-0.25, -0.2) is 4.68 Å². The van der Waals surface area contributed by atoms with Crippen LogP contribution in [0.25, 0.3) is 0 Å². The van der Waals surface area contributed by atoms with Crippen molar-refractivity contribution in [1.82, 2.24) is 9.78 Å². The van der Waals surface area contributed by atoms with Gasteiger partial charge in [0.1, 0.15) is 11.9 Å². The Morgan fingerprint density at radius 2 is 1.95 bits per heavy atom. The Bertz CT molecular complexity index is 630. The van der Waals surface area contributed by atoms with E-state index < -0.39 is 6.10 Å². The molecule has 1 aliphatic carbocycles. The van der Waals surface area contributed by atoms with E-state index in [1.165, 1.54) is 0 Å². The Morgan fingerprint density at radius 1 is 1.29 bits per heavy atom. The van der Waals surface area contributed by atoms with Gasteiger partial charge in [-0.3, -0.25) is 0 Å². The smallest absolute Gasteiger partial charge is 0.217 e. The summed E-state index contributed by atoms with van der Waals surface area (Å²) in [5.41, 5.74) is 2.27. The van der Waals surface area contributed by atoms with Crippen LogP contribution in [-0.4, -0.2) is 28.1 Å². The molecule has 1 saturated carbocycles. The normalized spacial score (nSPS) is 15.8. The molecule has 1 N–H and O–H groups in total. The second-order valence-corrected chi connectivity index (χ2v) is 5.42. The Morgan fingerprint density at radius 3 is 2.52 bits per heavy atom. The number of aliphatic hydroxyl groups excluding tert-OH is 1. The van der Waals surface area contributed by atoms with E-state index in [9.17, 15) is 5.11 Å². The SMILES string of the molecule is COc1c(C(O)c2ccc(OC3CC3)cc2)c(C)nn1C. The summed E-state index contributed by atoms with van der Waals surface area (Å²) in [4.78, 5) is 0. The van der Waals surface area contributed by atoms with Crippen molar-refractivity contribution in [3.8, 4) is 11.6 Å². The number of benzene rings is 1. The van der Waals surface area contributed by atoms with Gasteiger partial charge in [0, 0.05) is 7.05 Å². The van der Waals surface area contributed by atoms with E-state index in [4.69, 9.17) is 9.47 Å². The maximum atomic E-state index is 10.6. The highest BCUT2D eigenvalue weighted by Crippen LogP contribution is 2.33. The molecular weight excluding hydrogens is 268 g/mol. The first-order chi connectivity index (χ1) is 10.1. The number of nitrogens with zero attached hydrogens (tertiary/aromatic N) is 2. The van der Waals surface area contributed by atoms with Crippen molar-refractivity contribution in [1.29, 1.82) is 0 Å². The molecule has 5 nitrogen and oxygen atoms in total. The lowest BCUT2D eigenvalue weighted by molar-refractivity contribution is 0.212. The van der Waals surface area contributed by atoms with Crippen LogP contribution >= 0.6 is 0 Å². The number of aromatic nitrogens is 2. The number of aryl methyl sites for hydroxylation is 2. The lowest BCUT2D eigenvalue weighted by Crippen LogP contribution is -2.04. The summed E-state index contributed by atoms with van der Waals surface area (Å²) in [5.74, 6) is 1.43. The molecule has 112 valence electrons. The van der Waals surface area contributed by atoms with Crippen LogP contribution in [0.4, 0.5) is 0 Å². The van der Waals surface area contributed by atoms with E-state index >= 15 is 0 Å². The molecule has 1 heterocycles. The summed E-state index contributed by atoms with van der Waals surface area (Å²) in [7, 11) is 3.38. The van der Waals surface area contributed by atoms with Gasteiger partial charge < -0.3 is 14.6 Å². The first kappa shape index (κ1) is 13.9. The molecule has 0 aliphatic heterocycles. The first-order valence-electron chi connectivity index (χ1n) is 7.12. The minimum Gasteiger partial charge on any atom is -0.490 e. The van der Waals surface area contributed by atoms with E-state index in [1.807, 2.05) is 31.2 Å². The van der Waals surface area contributed by atoms with Crippen molar-refractivity contribution in [2.45, 2.75) is 32.0 Å². The van der Waals surface area contributed by atoms with Crippen LogP contribution in [-0.2, 0) is 7.05 Å². The second kappa shape index (κ2) is 5.41. The number of methoxy groups -OCH3 is 1. The molecule has 0 saturated heterocycles. The summed E-state index contributed by atoms with van der Waals surface area (Å²) < 4.78 is 12.7. The molecule has 0 radical (unpaired) electrons. The topological polar surface area (TPSA) is 56.5 Å². The molecule has 1 fully saturated rings. The van der Waals surface area contributed by atoms with Gasteiger partial charge in [-0.05, 0) is 37.5 Å². The molecule has 21 heavy (non-hydrogen) atoms. The highest BCUT2D eigenvalue weighted by Gasteiger charge is 2.25. The van der Waals surface area contributed by atoms with Gasteiger partial charge in [-0.1, -0.05) is 12.1 Å². The zero-order valence-corrected chi connectivity index (χ0v) is 12.5. The van der Waals surface area contributed by atoms with Crippen molar-refractivity contribution < 1.29 is 14.6 Å². The largest absolute Gasteiger partial charge is 0.490 e. The van der Waals surface area contributed by atoms with Crippen LogP contribution in [0.3, 0.4) is 0 Å². The summed E-state index contributed by atoms with van der Waals surface area (Å²) in [6, 6.07) is 7.56. The maximum Gasteiger partial charge on any atom is 0.217 e. The lowest BCUT2D eigenvalue weighted by atomic mass is 10.0. The molecule has 1 aromatic heterocycles. The number of hydrogen-bond donors (Lipinski definition) is 1. The average molecular weight is 288 g/mol. The van der Waals surface area contributed by atoms with Crippen molar-refractivity contribution in [2.24, 2.45) is 7.05 Å². The summed E-state index contributed by atoms with van der Waals surface area (Å²) in [5, 5.41) is 14.9. The molecule has 1 unspecified atom stereocenters. The van der Waals surface area contributed by atoms with Gasteiger partial charge in [0.15, 0.2) is 0 Å². The van der Waals surface area contributed by atoms with Crippen molar-refractivity contribution >= 4 is 0 Å². The Kier molecular flexibility index (Phi) is 3.59. The molecule has 5 heteroatoms. The zero-order valence-electron chi connectivity index (χ0n) is 12.5. The molecule has 1 aromatic carbocycles. The van der Waals surface area contributed by atoms with E-state index in [2.05, 4.69) is 5.10 Å². The van der Waals surface area contributed by atoms with Crippen LogP contribution in [0.15, 0.2) is 24.3 Å². The molecule has 1 aliphatic rings. The monoisotopic (exact) mass is 288 g/mol. The second-order valence-electron chi connectivity index (χ2n) is 5.42. The van der Waals surface area contributed by atoms with E-state index in [0.717, 1.165) is 29.8 Å². The summed E-state index contributed by atoms with van der Waals surface area (Å²) in [6.07, 6.45) is 1.89. The predicted molar refractivity (Wildman–Crippen MR) is 78.7 cm³/mol. The number of ether oxygens (including phenoxy) is 2. The maximum absolute atomic E-state index is 10.6. The molecule has 1 atom stereocenters. The average Bonchev–Trinajstić information content (AvgIpc) is 3.23. The molecule has 0 spiro atoms. The van der Waals surface area contributed by atoms with Crippen LogP contribution in [0.2, 0.25) is 0 Å². The van der Waals surface area contributed by atoms with Crippen molar-refractivity contribution in [3.63, 3.8) is 0 Å². The molecule has 0 amide bonds. The molecule has 3 rings (SSSR count). The Labute approximate surface area is 124 Å². The molecular formula is C16H20N2O3. The number of aliphatic hydroxyl groups is 1. The van der Waals surface area contributed by atoms with Gasteiger partial charge in [-0.15, -0.1) is 0 Å². The predicted octanol–water partition coefficient (Wildman–Crippen LogP) is 2.36. The highest BCUT2D eigenvalue weighted by atomic mass is 16.5. The van der Waals surface area contributed by atoms with Crippen molar-refractivity contribution in [2.75, 3.05) is 7.11 Å². The van der Waals surface area contributed by atoms with Crippen molar-refractivity contribution in [3.05, 3.63) is 41.1 Å². The Balaban J connectivity index is 1.85. The standard InChI is InChI=1S/C16H20N2O3/c1-10-14(16(20-3)18(2)17-10)15(19)11-4-6-12(7-5-11)21-13-8-9-13/h4-7,13,15,19H,8-9H2,1-3H3. The van der Waals surface area contributed by atoms with E-state index in [1.54, 1.807) is 18.8 Å². The van der Waals surface area contributed by atoms with E-state index in [-0.39, 0.29) is 0 Å². The first-order valence-corrected chi connectivity index (χ1v) is 7.12. The third-order valence-electron chi connectivity index (χ3n) is 3.70. The van der Waals surface area contributed by atoms with Crippen LogP contribution in [0.1, 0.15) is 35.8 Å². The number of rotatable bonds is 5. The third kappa shape index (κ3) is 2.74. The van der Waals surface area contributed by atoms with Gasteiger partial charge >= 0.3 is 0 Å². The van der Waals surface area contributed by atoms with Crippen LogP contribution < -0.4 is 9.47 Å². The third-order valence-corrected chi connectivity index (χ3v) is 3.70. The summed E-state index contributed by atoms with van der Waals surface area (Å²) >= 11 is 0. The lowest BCUT2D eigenvalue weighted by Gasteiger charge is -2.13. The quantitative estimate of drug-likeness (QED) is 0.917. The van der Waals surface area contributed by atoms with Gasteiger partial charge in [0.2, 0.25) is 5.88 Å². The number of hydrogen-bond acceptors (Lipinski definition) is 4. The van der Waals surface area contributed by atoms with E-state index in [0.29, 0.717) is 17.5 Å². The van der Waals surface area contributed by atoms with Gasteiger partial charge in [0.25, 0.3) is 0 Å². The highest BCUT2D eigenvalue weighted by molar-refractivity contribution is 5.41. The van der Waals surface area contributed by atoms with Crippen LogP contribution in [0.5, 0.6) is 11.6 Å². The Hall–Kier alpha value is -2.01. The zero-order chi connectivity index (χ0) is 15.0. The van der Waals surface area contributed by atoms with Gasteiger partial charge in [0.05, 0.1) is 24.5 Å². The van der Waals surface area contributed by atoms with Crippen LogP contribution in [0, 0.1) is 6.92 Å². The van der Waals surface area contributed by atoms with Gasteiger partial charge in [-0.2, -0.15) is 5.10 Å². The fourth-order valence-corrected chi connectivity index (χ4v) is 2.48.